The first-order valence-corrected chi connectivity index (χ1v) is 5.40. The van der Waals surface area contributed by atoms with Gasteiger partial charge in [-0.1, -0.05) is 13.8 Å². The summed E-state index contributed by atoms with van der Waals surface area (Å²) in [5, 5.41) is 0. The molecule has 1 N–H and O–H groups in total. The quantitative estimate of drug-likeness (QED) is 0.805. The molecular weight excluding hydrogens is 224 g/mol. The van der Waals surface area contributed by atoms with Gasteiger partial charge < -0.3 is 9.27 Å². The Hall–Kier alpha value is -1.01. The molecule has 0 heterocycles. The van der Waals surface area contributed by atoms with E-state index in [1.165, 1.54) is 6.92 Å². The lowest BCUT2D eigenvalue weighted by molar-refractivity contribution is 0.540. The highest BCUT2D eigenvalue weighted by Crippen LogP contribution is 2.20. The zero-order valence-electron chi connectivity index (χ0n) is 8.64. The van der Waals surface area contributed by atoms with Gasteiger partial charge >= 0.3 is 0 Å². The topological polar surface area (TPSA) is 52.2 Å². The summed E-state index contributed by atoms with van der Waals surface area (Å²) in [5.74, 6) is -1.67. The average molecular weight is 238 g/mol. The van der Waals surface area contributed by atoms with Crippen LogP contribution >= 0.6 is 0 Å². The summed E-state index contributed by atoms with van der Waals surface area (Å²) in [7, 11) is 0. The average Bonchev–Trinajstić information content (AvgIpc) is 2.14. The van der Waals surface area contributed by atoms with Gasteiger partial charge in [0, 0.05) is 18.8 Å². The molecule has 1 rings (SSSR count). The molecule has 1 unspecified atom stereocenters. The fraction of sp³-hybridized carbons (Fsp3) is 0.333. The van der Waals surface area contributed by atoms with E-state index >= 15 is 0 Å². The van der Waals surface area contributed by atoms with Gasteiger partial charge in [-0.05, 0) is 18.6 Å². The lowest BCUT2D eigenvalue weighted by Crippen LogP contribution is -2.06. The second-order valence-electron chi connectivity index (χ2n) is 2.42. The van der Waals surface area contributed by atoms with Crippen molar-refractivity contribution in [1.82, 2.24) is 0 Å². The van der Waals surface area contributed by atoms with Crippen molar-refractivity contribution in [3.05, 3.63) is 29.3 Å². The van der Waals surface area contributed by atoms with E-state index in [9.17, 15) is 17.5 Å². The van der Waals surface area contributed by atoms with Crippen LogP contribution in [-0.4, -0.2) is 8.76 Å². The number of hydrogen-bond donors (Lipinski definition) is 1. The minimum Gasteiger partial charge on any atom is -0.755 e. The van der Waals surface area contributed by atoms with Crippen LogP contribution in [0.25, 0.3) is 0 Å². The highest BCUT2D eigenvalue weighted by molar-refractivity contribution is 7.80. The first kappa shape index (κ1) is 14.0. The maximum Gasteiger partial charge on any atom is 0.150 e. The molecule has 0 saturated heterocycles. The van der Waals surface area contributed by atoms with Crippen molar-refractivity contribution in [2.75, 3.05) is 4.72 Å². The molecule has 1 atom stereocenters. The van der Waals surface area contributed by atoms with E-state index in [2.05, 4.69) is 0 Å². The fourth-order valence-corrected chi connectivity index (χ4v) is 1.34. The van der Waals surface area contributed by atoms with E-state index in [-0.39, 0.29) is 12.7 Å². The van der Waals surface area contributed by atoms with Crippen molar-refractivity contribution in [2.45, 2.75) is 20.8 Å². The van der Waals surface area contributed by atoms with Crippen molar-refractivity contribution in [3.8, 4) is 0 Å². The maximum absolute atomic E-state index is 12.9. The Morgan fingerprint density at radius 3 is 2.33 bits per heavy atom. The van der Waals surface area contributed by atoms with E-state index in [1.807, 2.05) is 18.6 Å². The van der Waals surface area contributed by atoms with Gasteiger partial charge in [-0.15, -0.1) is 0 Å². The van der Waals surface area contributed by atoms with Crippen LogP contribution in [0.3, 0.4) is 0 Å². The van der Waals surface area contributed by atoms with Crippen molar-refractivity contribution in [2.24, 2.45) is 0 Å². The smallest absolute Gasteiger partial charge is 0.150 e. The molecule has 1 aromatic rings. The number of hydrogen-bond acceptors (Lipinski definition) is 2. The van der Waals surface area contributed by atoms with Crippen LogP contribution in [0.2, 0.25) is 0 Å². The van der Waals surface area contributed by atoms with Crippen molar-refractivity contribution in [1.29, 1.82) is 0 Å². The number of rotatable bonds is 2. The lowest BCUT2D eigenvalue weighted by Gasteiger charge is -2.11. The molecule has 0 aliphatic carbocycles. The molecule has 88 valence electrons. The Kier molecular flexibility index (Phi) is 6.03. The molecule has 0 bridgehead atoms. The Morgan fingerprint density at radius 1 is 1.40 bits per heavy atom. The monoisotopic (exact) mass is 238 g/mol. The van der Waals surface area contributed by atoms with Gasteiger partial charge in [0.2, 0.25) is 0 Å². The molecule has 15 heavy (non-hydrogen) atoms. The van der Waals surface area contributed by atoms with E-state index in [1.54, 1.807) is 0 Å². The maximum atomic E-state index is 12.9. The van der Waals surface area contributed by atoms with Crippen molar-refractivity contribution in [3.63, 3.8) is 0 Å². The molecule has 0 radical (unpaired) electrons. The fourth-order valence-electron chi connectivity index (χ4n) is 0.915. The summed E-state index contributed by atoms with van der Waals surface area (Å²) in [6.07, 6.45) is 0. The molecule has 0 spiro atoms. The highest BCUT2D eigenvalue weighted by Gasteiger charge is 2.07. The van der Waals surface area contributed by atoms with Gasteiger partial charge in [-0.3, -0.25) is 4.21 Å². The number of anilines is 1. The summed E-state index contributed by atoms with van der Waals surface area (Å²) in [4.78, 5) is 0. The summed E-state index contributed by atoms with van der Waals surface area (Å²) in [6, 6.07) is 1.65. The molecule has 0 amide bonds. The molecule has 0 fully saturated rings. The predicted molar refractivity (Wildman–Crippen MR) is 57.1 cm³/mol. The van der Waals surface area contributed by atoms with Gasteiger partial charge in [-0.2, -0.15) is 0 Å². The molecule has 6 heteroatoms. The van der Waals surface area contributed by atoms with Crippen molar-refractivity contribution >= 4 is 17.0 Å². The Bertz CT molecular complexity index is 340. The second kappa shape index (κ2) is 6.47. The highest BCUT2D eigenvalue weighted by atomic mass is 32.2. The van der Waals surface area contributed by atoms with Gasteiger partial charge in [0.1, 0.15) is 11.6 Å². The summed E-state index contributed by atoms with van der Waals surface area (Å²) < 4.78 is 47.6. The normalized spacial score (nSPS) is 11.3. The predicted octanol–water partition coefficient (Wildman–Crippen LogP) is 2.75. The van der Waals surface area contributed by atoms with Gasteiger partial charge in [0.05, 0.1) is 5.69 Å². The third-order valence-electron chi connectivity index (χ3n) is 1.44. The second-order valence-corrected chi connectivity index (χ2v) is 3.09. The van der Waals surface area contributed by atoms with Crippen LogP contribution in [-0.2, 0) is 11.3 Å². The van der Waals surface area contributed by atoms with E-state index in [0.717, 1.165) is 6.07 Å². The van der Waals surface area contributed by atoms with Crippen LogP contribution in [0, 0.1) is 18.6 Å². The molecule has 0 saturated carbocycles. The molecular formula is C9H14F2NO2S-. The van der Waals surface area contributed by atoms with Crippen molar-refractivity contribution < 1.29 is 19.0 Å². The summed E-state index contributed by atoms with van der Waals surface area (Å²) in [6.45, 7) is 5.40. The Morgan fingerprint density at radius 2 is 1.93 bits per heavy atom. The standard InChI is InChI=1S/C7H7F2NO2S.C2H6.H2/c1-4-2-5(8)3-6(9)7(4)10-13(11)12;1-2;/h2-3,10H,1H3,(H,11,12);1-2H3;1H/p-1. The third-order valence-corrected chi connectivity index (χ3v) is 1.81. The van der Waals surface area contributed by atoms with Crippen LogP contribution in [0.4, 0.5) is 14.5 Å². The minimum absolute atomic E-state index is 0. The lowest BCUT2D eigenvalue weighted by atomic mass is 10.2. The molecule has 0 aliphatic rings. The zero-order chi connectivity index (χ0) is 12.0. The van der Waals surface area contributed by atoms with Crippen LogP contribution in [0.5, 0.6) is 0 Å². The molecule has 0 aromatic heterocycles. The Labute approximate surface area is 91.4 Å². The number of nitrogens with one attached hydrogen (secondary N) is 1. The van der Waals surface area contributed by atoms with Gasteiger partial charge in [-0.25, -0.2) is 8.78 Å². The summed E-state index contributed by atoms with van der Waals surface area (Å²) >= 11 is -2.61. The van der Waals surface area contributed by atoms with E-state index < -0.39 is 22.9 Å². The number of aryl methyl sites for hydroxylation is 1. The van der Waals surface area contributed by atoms with Gasteiger partial charge in [0.15, 0.2) is 0 Å². The van der Waals surface area contributed by atoms with E-state index in [0.29, 0.717) is 6.07 Å². The zero-order valence-corrected chi connectivity index (χ0v) is 9.45. The van der Waals surface area contributed by atoms with Crippen LogP contribution in [0.1, 0.15) is 20.8 Å². The minimum atomic E-state index is -2.61. The SMILES string of the molecule is CC.Cc1cc(F)cc(F)c1NS(=O)[O-].[HH]. The molecule has 0 aliphatic heterocycles. The number of benzene rings is 1. The Balaban J connectivity index is 0. The first-order chi connectivity index (χ1) is 7.00. The molecule has 3 nitrogen and oxygen atoms in total. The number of halogens is 2. The van der Waals surface area contributed by atoms with Gasteiger partial charge in [0.25, 0.3) is 0 Å². The largest absolute Gasteiger partial charge is 0.755 e. The van der Waals surface area contributed by atoms with Crippen LogP contribution < -0.4 is 4.72 Å². The third kappa shape index (κ3) is 4.35. The first-order valence-electron chi connectivity index (χ1n) is 4.32. The molecule has 1 aromatic carbocycles. The summed E-state index contributed by atoms with van der Waals surface area (Å²) in [5.41, 5.74) is -0.0311. The van der Waals surface area contributed by atoms with E-state index in [4.69, 9.17) is 0 Å². The van der Waals surface area contributed by atoms with Crippen LogP contribution in [0.15, 0.2) is 12.1 Å².